The molecule has 1 fully saturated rings. The lowest BCUT2D eigenvalue weighted by atomic mass is 10.0. The van der Waals surface area contributed by atoms with Gasteiger partial charge in [0.1, 0.15) is 0 Å². The Morgan fingerprint density at radius 2 is 2.00 bits per heavy atom. The van der Waals surface area contributed by atoms with Crippen LogP contribution in [-0.4, -0.2) is 19.8 Å². The lowest BCUT2D eigenvalue weighted by Crippen LogP contribution is -2.23. The standard InChI is InChI=1S/C15H18N2O2/c1-11-10-16(2)14(18)17(11)13-6-4-3-5-12(13)9-15(19)7-8-15/h3-6,10,19H,7-9H2,1-2H3. The number of nitrogens with zero attached hydrogens (tertiary/aromatic N) is 2. The number of hydrogen-bond acceptors (Lipinski definition) is 2. The summed E-state index contributed by atoms with van der Waals surface area (Å²) in [6, 6.07) is 7.81. The minimum absolute atomic E-state index is 0.0484. The minimum atomic E-state index is -0.553. The number of aryl methyl sites for hydroxylation is 2. The molecule has 1 aliphatic carbocycles. The molecule has 1 saturated carbocycles. The van der Waals surface area contributed by atoms with Crippen LogP contribution in [0.4, 0.5) is 0 Å². The van der Waals surface area contributed by atoms with E-state index in [0.717, 1.165) is 29.8 Å². The van der Waals surface area contributed by atoms with Gasteiger partial charge in [-0.3, -0.25) is 4.57 Å². The highest BCUT2D eigenvalue weighted by Gasteiger charge is 2.40. The highest BCUT2D eigenvalue weighted by molar-refractivity contribution is 5.43. The van der Waals surface area contributed by atoms with Gasteiger partial charge in [-0.25, -0.2) is 4.79 Å². The van der Waals surface area contributed by atoms with Crippen molar-refractivity contribution in [2.24, 2.45) is 7.05 Å². The molecule has 0 aliphatic heterocycles. The Labute approximate surface area is 111 Å². The van der Waals surface area contributed by atoms with Crippen LogP contribution in [0.3, 0.4) is 0 Å². The first-order chi connectivity index (χ1) is 9.00. The van der Waals surface area contributed by atoms with Crippen LogP contribution in [0.5, 0.6) is 0 Å². The van der Waals surface area contributed by atoms with Gasteiger partial charge < -0.3 is 9.67 Å². The molecule has 4 heteroatoms. The zero-order valence-electron chi connectivity index (χ0n) is 11.3. The van der Waals surface area contributed by atoms with E-state index in [0.29, 0.717) is 6.42 Å². The molecule has 100 valence electrons. The maximum absolute atomic E-state index is 12.2. The molecule has 1 aliphatic rings. The van der Waals surface area contributed by atoms with E-state index in [1.807, 2.05) is 37.4 Å². The molecule has 1 heterocycles. The van der Waals surface area contributed by atoms with Crippen LogP contribution in [0.15, 0.2) is 35.3 Å². The molecule has 0 bridgehead atoms. The first-order valence-electron chi connectivity index (χ1n) is 6.56. The van der Waals surface area contributed by atoms with Crippen LogP contribution in [0.25, 0.3) is 5.69 Å². The monoisotopic (exact) mass is 258 g/mol. The Hall–Kier alpha value is -1.81. The van der Waals surface area contributed by atoms with Gasteiger partial charge in [-0.15, -0.1) is 0 Å². The number of benzene rings is 1. The van der Waals surface area contributed by atoms with E-state index in [2.05, 4.69) is 0 Å². The maximum Gasteiger partial charge on any atom is 0.332 e. The second-order valence-corrected chi connectivity index (χ2v) is 5.53. The van der Waals surface area contributed by atoms with Gasteiger partial charge in [-0.05, 0) is 31.4 Å². The first-order valence-corrected chi connectivity index (χ1v) is 6.56. The zero-order valence-corrected chi connectivity index (χ0v) is 11.3. The van der Waals surface area contributed by atoms with Crippen molar-refractivity contribution in [1.82, 2.24) is 9.13 Å². The van der Waals surface area contributed by atoms with Gasteiger partial charge in [0.2, 0.25) is 0 Å². The van der Waals surface area contributed by atoms with Crippen LogP contribution >= 0.6 is 0 Å². The fourth-order valence-electron chi connectivity index (χ4n) is 2.55. The molecule has 1 aromatic carbocycles. The Morgan fingerprint density at radius 1 is 1.32 bits per heavy atom. The normalized spacial score (nSPS) is 16.6. The van der Waals surface area contributed by atoms with E-state index < -0.39 is 5.60 Å². The van der Waals surface area contributed by atoms with E-state index in [1.54, 1.807) is 16.2 Å². The van der Waals surface area contributed by atoms with Gasteiger partial charge in [0.15, 0.2) is 0 Å². The third-order valence-corrected chi connectivity index (χ3v) is 3.81. The lowest BCUT2D eigenvalue weighted by Gasteiger charge is -2.14. The van der Waals surface area contributed by atoms with Gasteiger partial charge in [0, 0.05) is 25.4 Å². The van der Waals surface area contributed by atoms with Crippen LogP contribution in [-0.2, 0) is 13.5 Å². The lowest BCUT2D eigenvalue weighted by molar-refractivity contribution is 0.151. The van der Waals surface area contributed by atoms with Crippen molar-refractivity contribution >= 4 is 0 Å². The average Bonchev–Trinajstić information content (AvgIpc) is 3.02. The van der Waals surface area contributed by atoms with Gasteiger partial charge in [-0.1, -0.05) is 18.2 Å². The van der Waals surface area contributed by atoms with E-state index in [9.17, 15) is 9.90 Å². The van der Waals surface area contributed by atoms with Crippen molar-refractivity contribution in [1.29, 1.82) is 0 Å². The van der Waals surface area contributed by atoms with Gasteiger partial charge in [-0.2, -0.15) is 0 Å². The van der Waals surface area contributed by atoms with E-state index >= 15 is 0 Å². The molecule has 4 nitrogen and oxygen atoms in total. The highest BCUT2D eigenvalue weighted by atomic mass is 16.3. The molecule has 1 N–H and O–H groups in total. The first kappa shape index (κ1) is 12.2. The molecule has 2 aromatic rings. The molecule has 19 heavy (non-hydrogen) atoms. The number of hydrogen-bond donors (Lipinski definition) is 1. The fourth-order valence-corrected chi connectivity index (χ4v) is 2.55. The van der Waals surface area contributed by atoms with E-state index in [-0.39, 0.29) is 5.69 Å². The second-order valence-electron chi connectivity index (χ2n) is 5.53. The van der Waals surface area contributed by atoms with Gasteiger partial charge in [0.05, 0.1) is 11.3 Å². The summed E-state index contributed by atoms with van der Waals surface area (Å²) in [4.78, 5) is 12.2. The van der Waals surface area contributed by atoms with Crippen LogP contribution in [0.2, 0.25) is 0 Å². The van der Waals surface area contributed by atoms with Crippen LogP contribution in [0, 0.1) is 6.92 Å². The van der Waals surface area contributed by atoms with Crippen molar-refractivity contribution in [3.63, 3.8) is 0 Å². The predicted octanol–water partition coefficient (Wildman–Crippen LogP) is 1.55. The number of rotatable bonds is 3. The van der Waals surface area contributed by atoms with Crippen molar-refractivity contribution in [3.8, 4) is 5.69 Å². The third-order valence-electron chi connectivity index (χ3n) is 3.81. The van der Waals surface area contributed by atoms with E-state index in [1.165, 1.54) is 0 Å². The largest absolute Gasteiger partial charge is 0.390 e. The summed E-state index contributed by atoms with van der Waals surface area (Å²) >= 11 is 0. The van der Waals surface area contributed by atoms with Crippen molar-refractivity contribution in [2.45, 2.75) is 31.8 Å². The molecular formula is C15H18N2O2. The summed E-state index contributed by atoms with van der Waals surface area (Å²) in [5.41, 5.74) is 2.21. The summed E-state index contributed by atoms with van der Waals surface area (Å²) in [6.07, 6.45) is 4.14. The molecule has 0 atom stereocenters. The number of imidazole rings is 1. The van der Waals surface area contributed by atoms with Crippen molar-refractivity contribution in [3.05, 3.63) is 52.2 Å². The van der Waals surface area contributed by atoms with Crippen LogP contribution < -0.4 is 5.69 Å². The summed E-state index contributed by atoms with van der Waals surface area (Å²) in [7, 11) is 1.75. The quantitative estimate of drug-likeness (QED) is 0.908. The van der Waals surface area contributed by atoms with E-state index in [4.69, 9.17) is 0 Å². The molecule has 0 amide bonds. The molecular weight excluding hydrogens is 240 g/mol. The van der Waals surface area contributed by atoms with Gasteiger partial charge >= 0.3 is 5.69 Å². The summed E-state index contributed by atoms with van der Waals surface area (Å²) < 4.78 is 3.29. The summed E-state index contributed by atoms with van der Waals surface area (Å²) in [5.74, 6) is 0. The topological polar surface area (TPSA) is 47.2 Å². The zero-order chi connectivity index (χ0) is 13.6. The average molecular weight is 258 g/mol. The minimum Gasteiger partial charge on any atom is -0.390 e. The second kappa shape index (κ2) is 4.10. The highest BCUT2D eigenvalue weighted by Crippen LogP contribution is 2.39. The molecule has 3 rings (SSSR count). The summed E-state index contributed by atoms with van der Waals surface area (Å²) in [6.45, 7) is 1.92. The molecule has 0 spiro atoms. The number of aliphatic hydroxyl groups is 1. The third kappa shape index (κ3) is 2.12. The van der Waals surface area contributed by atoms with Crippen molar-refractivity contribution < 1.29 is 5.11 Å². The predicted molar refractivity (Wildman–Crippen MR) is 73.6 cm³/mol. The molecule has 0 saturated heterocycles. The number of para-hydroxylation sites is 1. The summed E-state index contributed by atoms with van der Waals surface area (Å²) in [5, 5.41) is 10.1. The van der Waals surface area contributed by atoms with Crippen molar-refractivity contribution in [2.75, 3.05) is 0 Å². The Bertz CT molecular complexity index is 678. The fraction of sp³-hybridized carbons (Fsp3) is 0.400. The SMILES string of the molecule is Cc1cn(C)c(=O)n1-c1ccccc1CC1(O)CC1. The van der Waals surface area contributed by atoms with Crippen LogP contribution in [0.1, 0.15) is 24.1 Å². The molecule has 1 aromatic heterocycles. The Morgan fingerprint density at radius 3 is 2.58 bits per heavy atom. The molecule has 0 radical (unpaired) electrons. The smallest absolute Gasteiger partial charge is 0.332 e. The molecule has 0 unspecified atom stereocenters. The Balaban J connectivity index is 2.12. The maximum atomic E-state index is 12.2. The van der Waals surface area contributed by atoms with Gasteiger partial charge in [0.25, 0.3) is 0 Å². The Kier molecular flexibility index (Phi) is 2.64. The number of aromatic nitrogens is 2.